The molecule has 1 N–H and O–H groups in total. The first-order valence-electron chi connectivity index (χ1n) is 5.66. The van der Waals surface area contributed by atoms with E-state index in [-0.39, 0.29) is 18.1 Å². The number of aliphatic hydroxyl groups is 1. The largest absolute Gasteiger partial charge is 0.476 e. The van der Waals surface area contributed by atoms with Gasteiger partial charge in [-0.3, -0.25) is 0 Å². The molecule has 1 aromatic rings. The zero-order chi connectivity index (χ0) is 11.8. The molecule has 3 nitrogen and oxygen atoms in total. The highest BCUT2D eigenvalue weighted by molar-refractivity contribution is 5.22. The molecule has 1 aromatic heterocycles. The number of aromatic nitrogens is 1. The first-order chi connectivity index (χ1) is 7.79. The lowest BCUT2D eigenvalue weighted by molar-refractivity contribution is 0.258. The van der Waals surface area contributed by atoms with Crippen molar-refractivity contribution in [2.45, 2.75) is 39.2 Å². The SMILES string of the molecule is CCCCCCOc1nccc(CO)c1F. The predicted molar refractivity (Wildman–Crippen MR) is 59.8 cm³/mol. The lowest BCUT2D eigenvalue weighted by atomic mass is 10.2. The molecule has 4 heteroatoms. The maximum absolute atomic E-state index is 13.5. The van der Waals surface area contributed by atoms with Gasteiger partial charge in [-0.05, 0) is 12.5 Å². The number of nitrogens with zero attached hydrogens (tertiary/aromatic N) is 1. The summed E-state index contributed by atoms with van der Waals surface area (Å²) in [5.41, 5.74) is 0.221. The zero-order valence-electron chi connectivity index (χ0n) is 9.58. The number of rotatable bonds is 7. The summed E-state index contributed by atoms with van der Waals surface area (Å²) < 4.78 is 18.7. The Morgan fingerprint density at radius 2 is 2.19 bits per heavy atom. The van der Waals surface area contributed by atoms with Crippen molar-refractivity contribution in [3.8, 4) is 5.88 Å². The van der Waals surface area contributed by atoms with Crippen LogP contribution in [-0.2, 0) is 6.61 Å². The van der Waals surface area contributed by atoms with Crippen LogP contribution < -0.4 is 4.74 Å². The number of hydrogen-bond acceptors (Lipinski definition) is 3. The number of halogens is 1. The number of pyridine rings is 1. The van der Waals surface area contributed by atoms with E-state index in [4.69, 9.17) is 9.84 Å². The van der Waals surface area contributed by atoms with Gasteiger partial charge in [0, 0.05) is 11.8 Å². The average molecular weight is 227 g/mol. The Bertz CT molecular complexity index is 318. The lowest BCUT2D eigenvalue weighted by Gasteiger charge is -2.07. The van der Waals surface area contributed by atoms with Crippen molar-refractivity contribution in [3.63, 3.8) is 0 Å². The van der Waals surface area contributed by atoms with Crippen molar-refractivity contribution in [2.24, 2.45) is 0 Å². The summed E-state index contributed by atoms with van der Waals surface area (Å²) in [7, 11) is 0. The van der Waals surface area contributed by atoms with E-state index in [1.54, 1.807) is 0 Å². The van der Waals surface area contributed by atoms with Gasteiger partial charge in [-0.2, -0.15) is 0 Å². The average Bonchev–Trinajstić information content (AvgIpc) is 2.31. The molecule has 0 aromatic carbocycles. The van der Waals surface area contributed by atoms with Crippen LogP contribution in [0.25, 0.3) is 0 Å². The van der Waals surface area contributed by atoms with Gasteiger partial charge >= 0.3 is 0 Å². The van der Waals surface area contributed by atoms with Gasteiger partial charge in [0.25, 0.3) is 5.88 Å². The highest BCUT2D eigenvalue weighted by atomic mass is 19.1. The molecule has 0 spiro atoms. The molecule has 90 valence electrons. The molecule has 0 saturated heterocycles. The molecule has 0 radical (unpaired) electrons. The van der Waals surface area contributed by atoms with Gasteiger partial charge in [-0.25, -0.2) is 9.37 Å². The number of hydrogen-bond donors (Lipinski definition) is 1. The van der Waals surface area contributed by atoms with E-state index in [0.29, 0.717) is 6.61 Å². The Kier molecular flexibility index (Phi) is 5.78. The minimum Gasteiger partial charge on any atom is -0.476 e. The Balaban J connectivity index is 2.41. The fraction of sp³-hybridized carbons (Fsp3) is 0.583. The molecule has 0 bridgehead atoms. The van der Waals surface area contributed by atoms with E-state index in [1.807, 2.05) is 0 Å². The Hall–Kier alpha value is -1.16. The van der Waals surface area contributed by atoms with Crippen LogP contribution in [0.3, 0.4) is 0 Å². The van der Waals surface area contributed by atoms with Gasteiger partial charge in [-0.15, -0.1) is 0 Å². The number of unbranched alkanes of at least 4 members (excludes halogenated alkanes) is 3. The topological polar surface area (TPSA) is 42.4 Å². The van der Waals surface area contributed by atoms with Crippen LogP contribution >= 0.6 is 0 Å². The van der Waals surface area contributed by atoms with Gasteiger partial charge in [0.1, 0.15) is 0 Å². The standard InChI is InChI=1S/C12H18FNO2/c1-2-3-4-5-8-16-12-11(13)10(9-15)6-7-14-12/h6-7,15H,2-5,8-9H2,1H3. The Morgan fingerprint density at radius 1 is 1.38 bits per heavy atom. The summed E-state index contributed by atoms with van der Waals surface area (Å²) in [6.45, 7) is 2.27. The van der Waals surface area contributed by atoms with Crippen molar-refractivity contribution in [1.82, 2.24) is 4.98 Å². The zero-order valence-corrected chi connectivity index (χ0v) is 9.58. The van der Waals surface area contributed by atoms with Crippen molar-refractivity contribution in [1.29, 1.82) is 0 Å². The maximum atomic E-state index is 13.5. The molecule has 0 aliphatic carbocycles. The van der Waals surface area contributed by atoms with Gasteiger partial charge < -0.3 is 9.84 Å². The van der Waals surface area contributed by atoms with Crippen LogP contribution in [0, 0.1) is 5.82 Å². The fourth-order valence-corrected chi connectivity index (χ4v) is 1.38. The second-order valence-electron chi connectivity index (χ2n) is 3.66. The summed E-state index contributed by atoms with van der Waals surface area (Å²) in [6, 6.07) is 1.44. The highest BCUT2D eigenvalue weighted by Gasteiger charge is 2.09. The van der Waals surface area contributed by atoms with Crippen LogP contribution in [0.5, 0.6) is 5.88 Å². The van der Waals surface area contributed by atoms with Gasteiger partial charge in [0.05, 0.1) is 13.2 Å². The molecule has 16 heavy (non-hydrogen) atoms. The van der Waals surface area contributed by atoms with E-state index in [1.165, 1.54) is 12.3 Å². The monoisotopic (exact) mass is 227 g/mol. The van der Waals surface area contributed by atoms with Gasteiger partial charge in [0.2, 0.25) is 0 Å². The van der Waals surface area contributed by atoms with Gasteiger partial charge in [0.15, 0.2) is 5.82 Å². The van der Waals surface area contributed by atoms with Crippen molar-refractivity contribution in [3.05, 3.63) is 23.6 Å². The summed E-state index contributed by atoms with van der Waals surface area (Å²) in [5, 5.41) is 8.86. The minimum absolute atomic E-state index is 0.0111. The molecule has 0 amide bonds. The molecule has 0 atom stereocenters. The predicted octanol–water partition coefficient (Wildman–Crippen LogP) is 2.67. The summed E-state index contributed by atoms with van der Waals surface area (Å²) in [4.78, 5) is 3.80. The molecule has 0 aliphatic rings. The fourth-order valence-electron chi connectivity index (χ4n) is 1.38. The van der Waals surface area contributed by atoms with E-state index in [0.717, 1.165) is 25.7 Å². The molecule has 1 heterocycles. The van der Waals surface area contributed by atoms with Crippen molar-refractivity contribution >= 4 is 0 Å². The van der Waals surface area contributed by atoms with Crippen LogP contribution in [-0.4, -0.2) is 16.7 Å². The second kappa shape index (κ2) is 7.17. The first kappa shape index (κ1) is 12.9. The van der Waals surface area contributed by atoms with E-state index < -0.39 is 5.82 Å². The summed E-state index contributed by atoms with van der Waals surface area (Å²) in [6.07, 6.45) is 5.74. The van der Waals surface area contributed by atoms with E-state index in [2.05, 4.69) is 11.9 Å². The number of aliphatic hydroxyl groups excluding tert-OH is 1. The van der Waals surface area contributed by atoms with Crippen LogP contribution in [0.4, 0.5) is 4.39 Å². The van der Waals surface area contributed by atoms with Crippen LogP contribution in [0.2, 0.25) is 0 Å². The second-order valence-corrected chi connectivity index (χ2v) is 3.66. The molecule has 0 unspecified atom stereocenters. The third-order valence-corrected chi connectivity index (χ3v) is 2.34. The minimum atomic E-state index is -0.555. The van der Waals surface area contributed by atoms with Gasteiger partial charge in [-0.1, -0.05) is 26.2 Å². The smallest absolute Gasteiger partial charge is 0.250 e. The quantitative estimate of drug-likeness (QED) is 0.728. The maximum Gasteiger partial charge on any atom is 0.250 e. The van der Waals surface area contributed by atoms with Crippen LogP contribution in [0.15, 0.2) is 12.3 Å². The molecule has 0 aliphatic heterocycles. The highest BCUT2D eigenvalue weighted by Crippen LogP contribution is 2.17. The molecule has 0 saturated carbocycles. The van der Waals surface area contributed by atoms with Crippen molar-refractivity contribution < 1.29 is 14.2 Å². The lowest BCUT2D eigenvalue weighted by Crippen LogP contribution is -2.03. The first-order valence-corrected chi connectivity index (χ1v) is 5.66. The Morgan fingerprint density at radius 3 is 2.88 bits per heavy atom. The molecular weight excluding hydrogens is 209 g/mol. The third-order valence-electron chi connectivity index (χ3n) is 2.34. The number of ether oxygens (including phenoxy) is 1. The normalized spacial score (nSPS) is 10.4. The summed E-state index contributed by atoms with van der Waals surface area (Å²) in [5.74, 6) is -0.566. The molecule has 0 fully saturated rings. The van der Waals surface area contributed by atoms with Crippen LogP contribution in [0.1, 0.15) is 38.2 Å². The molecule has 1 rings (SSSR count). The van der Waals surface area contributed by atoms with E-state index in [9.17, 15) is 4.39 Å². The van der Waals surface area contributed by atoms with E-state index >= 15 is 0 Å². The third kappa shape index (κ3) is 3.77. The Labute approximate surface area is 95.3 Å². The summed E-state index contributed by atoms with van der Waals surface area (Å²) >= 11 is 0. The molecular formula is C12H18FNO2. The van der Waals surface area contributed by atoms with Crippen molar-refractivity contribution in [2.75, 3.05) is 6.61 Å².